The van der Waals surface area contributed by atoms with Gasteiger partial charge in [0, 0.05) is 31.2 Å². The molecule has 0 saturated heterocycles. The average Bonchev–Trinajstić information content (AvgIpc) is 3.49. The molecule has 28 heavy (non-hydrogen) atoms. The number of nitrogens with zero attached hydrogens (tertiary/aromatic N) is 6. The number of hydrogen-bond acceptors (Lipinski definition) is 6. The molecule has 0 unspecified atom stereocenters. The summed E-state index contributed by atoms with van der Waals surface area (Å²) in [5.74, 6) is 2.03. The SMILES string of the molecule is Cc1ccnc([C@H](Nc2nc(-c3ccncc3)nc3c2cnn3C)C2CC2)c1. The first-order valence-corrected chi connectivity index (χ1v) is 9.48. The summed E-state index contributed by atoms with van der Waals surface area (Å²) < 4.78 is 1.78. The largest absolute Gasteiger partial charge is 0.361 e. The van der Waals surface area contributed by atoms with Crippen LogP contribution in [-0.2, 0) is 7.05 Å². The highest BCUT2D eigenvalue weighted by Crippen LogP contribution is 2.43. The van der Waals surface area contributed by atoms with Crippen LogP contribution in [0.5, 0.6) is 0 Å². The van der Waals surface area contributed by atoms with E-state index in [1.54, 1.807) is 17.1 Å². The van der Waals surface area contributed by atoms with Crippen LogP contribution in [0.1, 0.15) is 30.1 Å². The van der Waals surface area contributed by atoms with Crippen molar-refractivity contribution < 1.29 is 0 Å². The minimum atomic E-state index is 0.128. The monoisotopic (exact) mass is 371 g/mol. The molecule has 140 valence electrons. The molecule has 0 radical (unpaired) electrons. The molecule has 1 fully saturated rings. The smallest absolute Gasteiger partial charge is 0.164 e. The Labute approximate surface area is 162 Å². The van der Waals surface area contributed by atoms with Crippen LogP contribution in [0, 0.1) is 12.8 Å². The molecule has 4 heterocycles. The molecule has 0 spiro atoms. The third kappa shape index (κ3) is 3.09. The van der Waals surface area contributed by atoms with E-state index in [-0.39, 0.29) is 6.04 Å². The van der Waals surface area contributed by atoms with E-state index in [9.17, 15) is 0 Å². The normalized spacial score (nSPS) is 14.9. The Hall–Kier alpha value is -3.35. The highest BCUT2D eigenvalue weighted by Gasteiger charge is 2.34. The summed E-state index contributed by atoms with van der Waals surface area (Å²) in [5.41, 5.74) is 4.00. The number of aryl methyl sites for hydroxylation is 2. The van der Waals surface area contributed by atoms with Crippen LogP contribution < -0.4 is 5.32 Å². The fourth-order valence-corrected chi connectivity index (χ4v) is 3.50. The average molecular weight is 371 g/mol. The summed E-state index contributed by atoms with van der Waals surface area (Å²) in [6.45, 7) is 2.10. The lowest BCUT2D eigenvalue weighted by molar-refractivity contribution is 0.655. The number of anilines is 1. The quantitative estimate of drug-likeness (QED) is 0.576. The molecule has 0 amide bonds. The fraction of sp³-hybridized carbons (Fsp3) is 0.286. The molecule has 7 nitrogen and oxygen atoms in total. The molecule has 5 rings (SSSR count). The van der Waals surface area contributed by atoms with Gasteiger partial charge in [-0.15, -0.1) is 0 Å². The second-order valence-corrected chi connectivity index (χ2v) is 7.35. The molecule has 1 aliphatic rings. The van der Waals surface area contributed by atoms with Gasteiger partial charge in [0.25, 0.3) is 0 Å². The van der Waals surface area contributed by atoms with Gasteiger partial charge in [-0.2, -0.15) is 5.10 Å². The summed E-state index contributed by atoms with van der Waals surface area (Å²) in [4.78, 5) is 18.3. The molecule has 7 heteroatoms. The van der Waals surface area contributed by atoms with Crippen molar-refractivity contribution in [3.8, 4) is 11.4 Å². The van der Waals surface area contributed by atoms with E-state index >= 15 is 0 Å². The molecule has 1 atom stereocenters. The Morgan fingerprint density at radius 3 is 2.68 bits per heavy atom. The second kappa shape index (κ2) is 6.67. The lowest BCUT2D eigenvalue weighted by Crippen LogP contribution is -2.16. The lowest BCUT2D eigenvalue weighted by atomic mass is 10.1. The van der Waals surface area contributed by atoms with Crippen LogP contribution in [0.3, 0.4) is 0 Å². The molecule has 0 aromatic carbocycles. The summed E-state index contributed by atoms with van der Waals surface area (Å²) in [6.07, 6.45) is 9.61. The molecule has 4 aromatic rings. The van der Waals surface area contributed by atoms with Crippen molar-refractivity contribution in [3.63, 3.8) is 0 Å². The van der Waals surface area contributed by atoms with Gasteiger partial charge in [0.2, 0.25) is 0 Å². The van der Waals surface area contributed by atoms with Gasteiger partial charge in [-0.3, -0.25) is 14.6 Å². The third-order valence-electron chi connectivity index (χ3n) is 5.17. The number of fused-ring (bicyclic) bond motifs is 1. The van der Waals surface area contributed by atoms with Gasteiger partial charge >= 0.3 is 0 Å². The Morgan fingerprint density at radius 2 is 1.93 bits per heavy atom. The molecule has 0 bridgehead atoms. The summed E-state index contributed by atoms with van der Waals surface area (Å²) in [6, 6.07) is 8.15. The highest BCUT2D eigenvalue weighted by molar-refractivity contribution is 5.88. The number of pyridine rings is 2. The summed E-state index contributed by atoms with van der Waals surface area (Å²) >= 11 is 0. The van der Waals surface area contributed by atoms with Crippen LogP contribution in [-0.4, -0.2) is 29.7 Å². The topological polar surface area (TPSA) is 81.4 Å². The molecular formula is C21H21N7. The molecule has 1 aliphatic carbocycles. The molecule has 0 aliphatic heterocycles. The number of aromatic nitrogens is 6. The van der Waals surface area contributed by atoms with Crippen molar-refractivity contribution in [2.45, 2.75) is 25.8 Å². The molecular weight excluding hydrogens is 350 g/mol. The van der Waals surface area contributed by atoms with E-state index in [0.29, 0.717) is 11.7 Å². The van der Waals surface area contributed by atoms with Crippen molar-refractivity contribution >= 4 is 16.9 Å². The van der Waals surface area contributed by atoms with Crippen molar-refractivity contribution in [2.24, 2.45) is 13.0 Å². The zero-order valence-electron chi connectivity index (χ0n) is 15.9. The van der Waals surface area contributed by atoms with Crippen molar-refractivity contribution in [1.29, 1.82) is 0 Å². The lowest BCUT2D eigenvalue weighted by Gasteiger charge is -2.19. The zero-order valence-corrected chi connectivity index (χ0v) is 15.9. The number of nitrogens with one attached hydrogen (secondary N) is 1. The maximum absolute atomic E-state index is 4.85. The van der Waals surface area contributed by atoms with E-state index < -0.39 is 0 Å². The molecule has 4 aromatic heterocycles. The number of hydrogen-bond donors (Lipinski definition) is 1. The van der Waals surface area contributed by atoms with Gasteiger partial charge in [-0.25, -0.2) is 9.97 Å². The van der Waals surface area contributed by atoms with E-state index in [4.69, 9.17) is 9.97 Å². The molecule has 1 saturated carbocycles. The molecule has 1 N–H and O–H groups in total. The number of rotatable bonds is 5. The van der Waals surface area contributed by atoms with Crippen LogP contribution in [0.25, 0.3) is 22.4 Å². The Bertz CT molecular complexity index is 1130. The van der Waals surface area contributed by atoms with E-state index in [1.807, 2.05) is 37.6 Å². The highest BCUT2D eigenvalue weighted by atomic mass is 15.3. The van der Waals surface area contributed by atoms with Gasteiger partial charge in [0.05, 0.1) is 23.3 Å². The predicted octanol–water partition coefficient (Wildman–Crippen LogP) is 3.69. The third-order valence-corrected chi connectivity index (χ3v) is 5.17. The standard InChI is InChI=1S/C21H21N7/c1-13-5-10-23-17(11-13)18(14-3-4-14)25-20-16-12-24-28(2)21(16)27-19(26-20)15-6-8-22-9-7-15/h5-12,14,18H,3-4H2,1-2H3,(H,25,26,27)/t18-/m1/s1. The second-order valence-electron chi connectivity index (χ2n) is 7.35. The first kappa shape index (κ1) is 16.8. The maximum atomic E-state index is 4.85. The fourth-order valence-electron chi connectivity index (χ4n) is 3.50. The summed E-state index contributed by atoms with van der Waals surface area (Å²) in [5, 5.41) is 8.98. The summed E-state index contributed by atoms with van der Waals surface area (Å²) in [7, 11) is 1.90. The minimum Gasteiger partial charge on any atom is -0.361 e. The van der Waals surface area contributed by atoms with Crippen molar-refractivity contribution in [2.75, 3.05) is 5.32 Å². The van der Waals surface area contributed by atoms with E-state index in [2.05, 4.69) is 33.4 Å². The van der Waals surface area contributed by atoms with Crippen LogP contribution >= 0.6 is 0 Å². The van der Waals surface area contributed by atoms with Gasteiger partial charge in [-0.1, -0.05) is 0 Å². The van der Waals surface area contributed by atoms with Crippen LogP contribution in [0.2, 0.25) is 0 Å². The van der Waals surface area contributed by atoms with Crippen molar-refractivity contribution in [1.82, 2.24) is 29.7 Å². The first-order chi connectivity index (χ1) is 13.7. The Kier molecular flexibility index (Phi) is 4.00. The first-order valence-electron chi connectivity index (χ1n) is 9.48. The van der Waals surface area contributed by atoms with Crippen LogP contribution in [0.15, 0.2) is 49.1 Å². The minimum absolute atomic E-state index is 0.128. The van der Waals surface area contributed by atoms with Gasteiger partial charge in [0.1, 0.15) is 5.82 Å². The van der Waals surface area contributed by atoms with Gasteiger partial charge in [0.15, 0.2) is 11.5 Å². The van der Waals surface area contributed by atoms with Gasteiger partial charge < -0.3 is 5.32 Å². The Morgan fingerprint density at radius 1 is 1.11 bits per heavy atom. The zero-order chi connectivity index (χ0) is 19.1. The van der Waals surface area contributed by atoms with E-state index in [0.717, 1.165) is 28.1 Å². The Balaban J connectivity index is 1.61. The maximum Gasteiger partial charge on any atom is 0.164 e. The van der Waals surface area contributed by atoms with E-state index in [1.165, 1.54) is 18.4 Å². The van der Waals surface area contributed by atoms with Crippen molar-refractivity contribution in [3.05, 3.63) is 60.3 Å². The van der Waals surface area contributed by atoms with Gasteiger partial charge in [-0.05, 0) is 55.5 Å². The predicted molar refractivity (Wildman–Crippen MR) is 108 cm³/mol. The van der Waals surface area contributed by atoms with Crippen LogP contribution in [0.4, 0.5) is 5.82 Å².